The fourth-order valence-electron chi connectivity index (χ4n) is 2.36. The van der Waals surface area contributed by atoms with E-state index in [9.17, 15) is 4.79 Å². The van der Waals surface area contributed by atoms with Crippen molar-refractivity contribution in [3.05, 3.63) is 24.2 Å². The molecule has 0 aromatic carbocycles. The van der Waals surface area contributed by atoms with Gasteiger partial charge in [-0.25, -0.2) is 0 Å². The van der Waals surface area contributed by atoms with Crippen LogP contribution in [-0.2, 0) is 11.3 Å². The first kappa shape index (κ1) is 11.2. The normalized spacial score (nSPS) is 25.5. The van der Waals surface area contributed by atoms with Gasteiger partial charge in [0.15, 0.2) is 0 Å². The quantitative estimate of drug-likeness (QED) is 0.809. The zero-order valence-electron chi connectivity index (χ0n) is 9.32. The molecule has 2 unspecified atom stereocenters. The van der Waals surface area contributed by atoms with E-state index in [4.69, 9.17) is 10.2 Å². The molecule has 1 heterocycles. The maximum Gasteiger partial charge on any atom is 0.222 e. The Bertz CT molecular complexity index is 335. The van der Waals surface area contributed by atoms with Gasteiger partial charge in [-0.15, -0.1) is 0 Å². The Morgan fingerprint density at radius 3 is 3.00 bits per heavy atom. The molecule has 1 fully saturated rings. The molecular formula is C12H18N2O2. The molecule has 88 valence electrons. The van der Waals surface area contributed by atoms with Gasteiger partial charge < -0.3 is 15.5 Å². The van der Waals surface area contributed by atoms with E-state index in [1.54, 1.807) is 12.5 Å². The average molecular weight is 222 g/mol. The molecule has 0 bridgehead atoms. The largest absolute Gasteiger partial charge is 0.472 e. The van der Waals surface area contributed by atoms with Crippen LogP contribution >= 0.6 is 0 Å². The first-order valence-corrected chi connectivity index (χ1v) is 5.81. The molecule has 1 aromatic heterocycles. The molecule has 2 atom stereocenters. The first-order chi connectivity index (χ1) is 7.77. The van der Waals surface area contributed by atoms with Crippen molar-refractivity contribution in [3.63, 3.8) is 0 Å². The molecule has 0 spiro atoms. The summed E-state index contributed by atoms with van der Waals surface area (Å²) in [7, 11) is 0. The second-order valence-electron chi connectivity index (χ2n) is 4.41. The van der Waals surface area contributed by atoms with Gasteiger partial charge in [-0.05, 0) is 18.9 Å². The van der Waals surface area contributed by atoms with Crippen LogP contribution in [0.25, 0.3) is 0 Å². The van der Waals surface area contributed by atoms with Gasteiger partial charge in [-0.1, -0.05) is 12.8 Å². The van der Waals surface area contributed by atoms with Gasteiger partial charge in [0, 0.05) is 18.2 Å². The molecule has 4 nitrogen and oxygen atoms in total. The molecule has 0 radical (unpaired) electrons. The van der Waals surface area contributed by atoms with Crippen molar-refractivity contribution in [2.75, 3.05) is 0 Å². The van der Waals surface area contributed by atoms with Crippen molar-refractivity contribution in [2.24, 2.45) is 11.7 Å². The van der Waals surface area contributed by atoms with E-state index in [-0.39, 0.29) is 17.9 Å². The molecule has 0 saturated heterocycles. The summed E-state index contributed by atoms with van der Waals surface area (Å²) in [5.41, 5.74) is 6.51. The summed E-state index contributed by atoms with van der Waals surface area (Å²) in [6, 6.07) is 2.15. The Morgan fingerprint density at radius 1 is 1.50 bits per heavy atom. The van der Waals surface area contributed by atoms with Gasteiger partial charge in [0.2, 0.25) is 5.91 Å². The van der Waals surface area contributed by atoms with Crippen LogP contribution in [0.2, 0.25) is 0 Å². The van der Waals surface area contributed by atoms with Gasteiger partial charge >= 0.3 is 0 Å². The molecule has 16 heavy (non-hydrogen) atoms. The lowest BCUT2D eigenvalue weighted by Crippen LogP contribution is -2.44. The number of amides is 1. The van der Waals surface area contributed by atoms with E-state index in [2.05, 4.69) is 5.32 Å². The third-order valence-electron chi connectivity index (χ3n) is 3.28. The lowest BCUT2D eigenvalue weighted by molar-refractivity contribution is -0.123. The standard InChI is InChI=1S/C12H18N2O2/c13-12(15)10-3-1-2-4-11(10)14-7-9-5-6-16-8-9/h5-6,8,10-11,14H,1-4,7H2,(H2,13,15). The van der Waals surface area contributed by atoms with Gasteiger partial charge in [-0.2, -0.15) is 0 Å². The summed E-state index contributed by atoms with van der Waals surface area (Å²) in [6.45, 7) is 0.741. The number of hydrogen-bond acceptors (Lipinski definition) is 3. The van der Waals surface area contributed by atoms with E-state index in [1.165, 1.54) is 6.42 Å². The molecule has 1 aliphatic carbocycles. The summed E-state index contributed by atoms with van der Waals surface area (Å²) in [5, 5.41) is 3.39. The van der Waals surface area contributed by atoms with E-state index >= 15 is 0 Å². The molecule has 1 saturated carbocycles. The number of furan rings is 1. The molecule has 3 N–H and O–H groups in total. The van der Waals surface area contributed by atoms with E-state index in [0.717, 1.165) is 31.4 Å². The number of nitrogens with two attached hydrogens (primary N) is 1. The maximum absolute atomic E-state index is 11.3. The zero-order chi connectivity index (χ0) is 11.4. The third-order valence-corrected chi connectivity index (χ3v) is 3.28. The minimum absolute atomic E-state index is 0.0133. The lowest BCUT2D eigenvalue weighted by Gasteiger charge is -2.30. The highest BCUT2D eigenvalue weighted by molar-refractivity contribution is 5.77. The van der Waals surface area contributed by atoms with Crippen molar-refractivity contribution in [1.29, 1.82) is 0 Å². The summed E-state index contributed by atoms with van der Waals surface area (Å²) >= 11 is 0. The predicted octanol–water partition coefficient (Wildman–Crippen LogP) is 1.41. The van der Waals surface area contributed by atoms with Crippen LogP contribution in [0.5, 0.6) is 0 Å². The third kappa shape index (κ3) is 2.64. The molecule has 2 rings (SSSR count). The van der Waals surface area contributed by atoms with E-state index in [1.807, 2.05) is 6.07 Å². The van der Waals surface area contributed by atoms with Gasteiger partial charge in [0.05, 0.1) is 18.4 Å². The van der Waals surface area contributed by atoms with Gasteiger partial charge in [0.25, 0.3) is 0 Å². The Kier molecular flexibility index (Phi) is 3.62. The van der Waals surface area contributed by atoms with Crippen molar-refractivity contribution in [2.45, 2.75) is 38.3 Å². The monoisotopic (exact) mass is 222 g/mol. The molecule has 4 heteroatoms. The first-order valence-electron chi connectivity index (χ1n) is 5.81. The van der Waals surface area contributed by atoms with Crippen LogP contribution in [-0.4, -0.2) is 11.9 Å². The van der Waals surface area contributed by atoms with Crippen LogP contribution in [0.4, 0.5) is 0 Å². The smallest absolute Gasteiger partial charge is 0.222 e. The number of carbonyl (C=O) groups excluding carboxylic acids is 1. The van der Waals surface area contributed by atoms with Crippen LogP contribution in [0.1, 0.15) is 31.2 Å². The summed E-state index contributed by atoms with van der Waals surface area (Å²) < 4.78 is 5.00. The lowest BCUT2D eigenvalue weighted by atomic mass is 9.84. The van der Waals surface area contributed by atoms with Crippen molar-refractivity contribution in [1.82, 2.24) is 5.32 Å². The van der Waals surface area contributed by atoms with Crippen molar-refractivity contribution >= 4 is 5.91 Å². The minimum Gasteiger partial charge on any atom is -0.472 e. The molecule has 0 aliphatic heterocycles. The predicted molar refractivity (Wildman–Crippen MR) is 60.5 cm³/mol. The summed E-state index contributed by atoms with van der Waals surface area (Å²) in [6.07, 6.45) is 7.60. The highest BCUT2D eigenvalue weighted by Gasteiger charge is 2.28. The van der Waals surface area contributed by atoms with Crippen molar-refractivity contribution < 1.29 is 9.21 Å². The number of carbonyl (C=O) groups is 1. The summed E-state index contributed by atoms with van der Waals surface area (Å²) in [4.78, 5) is 11.3. The molecule has 1 aliphatic rings. The molecule has 1 amide bonds. The number of rotatable bonds is 4. The topological polar surface area (TPSA) is 68.3 Å². The second-order valence-corrected chi connectivity index (χ2v) is 4.41. The van der Waals surface area contributed by atoms with Crippen LogP contribution < -0.4 is 11.1 Å². The van der Waals surface area contributed by atoms with Crippen LogP contribution in [0.3, 0.4) is 0 Å². The molecule has 1 aromatic rings. The fraction of sp³-hybridized carbons (Fsp3) is 0.583. The number of nitrogens with one attached hydrogen (secondary N) is 1. The SMILES string of the molecule is NC(=O)C1CCCCC1NCc1ccoc1. The Hall–Kier alpha value is -1.29. The Balaban J connectivity index is 1.89. The molecular weight excluding hydrogens is 204 g/mol. The van der Waals surface area contributed by atoms with E-state index < -0.39 is 0 Å². The second kappa shape index (κ2) is 5.16. The maximum atomic E-state index is 11.3. The van der Waals surface area contributed by atoms with E-state index in [0.29, 0.717) is 0 Å². The minimum atomic E-state index is -0.176. The highest BCUT2D eigenvalue weighted by Crippen LogP contribution is 2.24. The average Bonchev–Trinajstić information content (AvgIpc) is 2.79. The Labute approximate surface area is 95.2 Å². The van der Waals surface area contributed by atoms with Gasteiger partial charge in [-0.3, -0.25) is 4.79 Å². The fourth-order valence-corrected chi connectivity index (χ4v) is 2.36. The van der Waals surface area contributed by atoms with Crippen LogP contribution in [0.15, 0.2) is 23.0 Å². The number of primary amides is 1. The zero-order valence-corrected chi connectivity index (χ0v) is 9.32. The highest BCUT2D eigenvalue weighted by atomic mass is 16.3. The van der Waals surface area contributed by atoms with Crippen LogP contribution in [0, 0.1) is 5.92 Å². The Morgan fingerprint density at radius 2 is 2.31 bits per heavy atom. The van der Waals surface area contributed by atoms with Gasteiger partial charge in [0.1, 0.15) is 0 Å². The number of hydrogen-bond donors (Lipinski definition) is 2. The summed E-state index contributed by atoms with van der Waals surface area (Å²) in [5.74, 6) is -0.190. The van der Waals surface area contributed by atoms with Crippen molar-refractivity contribution in [3.8, 4) is 0 Å².